The summed E-state index contributed by atoms with van der Waals surface area (Å²) in [5.41, 5.74) is 3.34. The van der Waals surface area contributed by atoms with Crippen LogP contribution in [0.1, 0.15) is 47.5 Å². The Morgan fingerprint density at radius 3 is 2.30 bits per heavy atom. The molecule has 5 rings (SSSR count). The first-order chi connectivity index (χ1) is 19.1. The van der Waals surface area contributed by atoms with Crippen LogP contribution >= 0.6 is 0 Å². The van der Waals surface area contributed by atoms with Gasteiger partial charge in [-0.25, -0.2) is 4.85 Å². The summed E-state index contributed by atoms with van der Waals surface area (Å²) in [4.78, 5) is 3.60. The Morgan fingerprint density at radius 2 is 1.64 bits per heavy atom. The van der Waals surface area contributed by atoms with Crippen molar-refractivity contribution in [3.05, 3.63) is 94.8 Å². The molecule has 0 amide bonds. The van der Waals surface area contributed by atoms with E-state index in [0.29, 0.717) is 33.3 Å². The number of nitrogens with zero attached hydrogens (tertiary/aromatic N) is 2. The minimum atomic E-state index is -1.21. The Morgan fingerprint density at radius 1 is 0.970 bits per heavy atom. The third-order valence-electron chi connectivity index (χ3n) is 5.99. The molecule has 0 atom stereocenters. The molecule has 0 spiro atoms. The maximum atomic E-state index is 9.14. The van der Waals surface area contributed by atoms with Crippen molar-refractivity contribution in [1.82, 2.24) is 0 Å². The number of hydrogen-bond donors (Lipinski definition) is 0. The molecule has 0 aliphatic carbocycles. The molecule has 5 aromatic rings. The lowest BCUT2D eigenvalue weighted by Gasteiger charge is -2.11. The number of furan rings is 1. The fraction of sp³-hybridized carbons (Fsp3) is 0.200. The van der Waals surface area contributed by atoms with Crippen molar-refractivity contribution in [2.45, 2.75) is 33.6 Å². The fourth-order valence-electron chi connectivity index (χ4n) is 4.14. The monoisotopic (exact) mass is 439 g/mol. The number of rotatable bonds is 3. The summed E-state index contributed by atoms with van der Waals surface area (Å²) < 4.78 is 76.2. The number of pyridine rings is 1. The number of benzene rings is 3. The van der Waals surface area contributed by atoms with Gasteiger partial charge in [0.2, 0.25) is 5.69 Å². The van der Waals surface area contributed by atoms with Crippen molar-refractivity contribution >= 4 is 27.6 Å². The second-order valence-corrected chi connectivity index (χ2v) is 8.30. The van der Waals surface area contributed by atoms with Crippen molar-refractivity contribution in [2.24, 2.45) is 7.05 Å². The van der Waals surface area contributed by atoms with E-state index in [-0.39, 0.29) is 40.0 Å². The Balaban J connectivity index is 2.00. The van der Waals surface area contributed by atoms with Crippen LogP contribution in [0.4, 0.5) is 5.69 Å². The van der Waals surface area contributed by atoms with E-state index in [1.807, 2.05) is 19.1 Å². The van der Waals surface area contributed by atoms with E-state index in [1.165, 1.54) is 0 Å². The largest absolute Gasteiger partial charge is 0.456 e. The molecule has 162 valence electrons. The molecule has 3 nitrogen and oxygen atoms in total. The van der Waals surface area contributed by atoms with Gasteiger partial charge in [0, 0.05) is 36.7 Å². The predicted octanol–water partition coefficient (Wildman–Crippen LogP) is 8.04. The summed E-state index contributed by atoms with van der Waals surface area (Å²) in [6.07, 6.45) is 0. The van der Waals surface area contributed by atoms with Gasteiger partial charge in [-0.1, -0.05) is 68.3 Å². The van der Waals surface area contributed by atoms with E-state index in [0.717, 1.165) is 5.56 Å². The van der Waals surface area contributed by atoms with Crippen molar-refractivity contribution in [3.63, 3.8) is 0 Å². The summed E-state index contributed by atoms with van der Waals surface area (Å²) in [6, 6.07) is 4.74. The zero-order valence-electron chi connectivity index (χ0n) is 27.1. The Bertz CT molecular complexity index is 1970. The molecule has 0 radical (unpaired) electrons. The summed E-state index contributed by atoms with van der Waals surface area (Å²) in [7, 11) is 1.76. The molecule has 3 aromatic carbocycles. The van der Waals surface area contributed by atoms with Crippen LogP contribution in [0.5, 0.6) is 0 Å². The first-order valence-electron chi connectivity index (χ1n) is 14.6. The van der Waals surface area contributed by atoms with Gasteiger partial charge in [-0.05, 0) is 29.5 Å². The van der Waals surface area contributed by atoms with Crippen LogP contribution in [0.25, 0.3) is 49.2 Å². The minimum absolute atomic E-state index is 0.0341. The van der Waals surface area contributed by atoms with Gasteiger partial charge in [-0.2, -0.15) is 4.57 Å². The first-order valence-corrected chi connectivity index (χ1v) is 10.6. The molecule has 33 heavy (non-hydrogen) atoms. The second kappa shape index (κ2) is 7.90. The van der Waals surface area contributed by atoms with Crippen molar-refractivity contribution < 1.29 is 20.0 Å². The maximum Gasteiger partial charge on any atom is 0.216 e. The van der Waals surface area contributed by atoms with Crippen molar-refractivity contribution in [1.29, 1.82) is 0 Å². The van der Waals surface area contributed by atoms with Gasteiger partial charge in [0.25, 0.3) is 0 Å². The third kappa shape index (κ3) is 3.31. The molecule has 2 heterocycles. The van der Waals surface area contributed by atoms with E-state index in [4.69, 9.17) is 22.0 Å². The van der Waals surface area contributed by atoms with Gasteiger partial charge in [-0.3, -0.25) is 0 Å². The van der Waals surface area contributed by atoms with Gasteiger partial charge < -0.3 is 4.42 Å². The van der Waals surface area contributed by atoms with Crippen LogP contribution < -0.4 is 4.57 Å². The highest BCUT2D eigenvalue weighted by Gasteiger charge is 2.24. The highest BCUT2D eigenvalue weighted by atomic mass is 16.3. The topological polar surface area (TPSA) is 21.4 Å². The first kappa shape index (κ1) is 13.6. The number of fused-ring (bicyclic) bond motifs is 3. The summed E-state index contributed by atoms with van der Waals surface area (Å²) >= 11 is 0. The summed E-state index contributed by atoms with van der Waals surface area (Å²) in [5, 5.41) is 1.24. The molecule has 2 aromatic heterocycles. The summed E-state index contributed by atoms with van der Waals surface area (Å²) in [5.74, 6) is -1.21. The normalized spacial score (nSPS) is 15.2. The van der Waals surface area contributed by atoms with E-state index in [1.54, 1.807) is 44.5 Å². The number of aryl methyl sites for hydroxylation is 1. The Labute approximate surface area is 206 Å². The van der Waals surface area contributed by atoms with Crippen molar-refractivity contribution in [3.8, 4) is 22.4 Å². The molecule has 0 fully saturated rings. The van der Waals surface area contributed by atoms with Gasteiger partial charge >= 0.3 is 0 Å². The SMILES string of the molecule is [2H]c1c([2H])c([2H])c(-c2c([N+]#[C-])ccc3c2oc2c(-c4c([2H])c(C([2H])(C)C)c([2H])c(C)[n+]4C)c(C)ccc23)c([2H])c1[2H]. The van der Waals surface area contributed by atoms with Crippen LogP contribution in [0.3, 0.4) is 0 Å². The van der Waals surface area contributed by atoms with Crippen molar-refractivity contribution in [2.75, 3.05) is 0 Å². The lowest BCUT2D eigenvalue weighted by atomic mass is 9.95. The molecule has 0 N–H and O–H groups in total. The predicted molar refractivity (Wildman–Crippen MR) is 136 cm³/mol. The zero-order chi connectivity index (χ0) is 30.3. The highest BCUT2D eigenvalue weighted by molar-refractivity contribution is 6.15. The molecule has 0 bridgehead atoms. The molecular formula is C30H27N2O+. The molecule has 0 unspecified atom stereocenters. The molecule has 0 aliphatic rings. The van der Waals surface area contributed by atoms with E-state index in [9.17, 15) is 0 Å². The fourth-order valence-corrected chi connectivity index (χ4v) is 4.14. The maximum absolute atomic E-state index is 9.14. The zero-order valence-corrected chi connectivity index (χ0v) is 19.1. The molecule has 0 saturated carbocycles. The van der Waals surface area contributed by atoms with E-state index in [2.05, 4.69) is 4.85 Å². The number of hydrogen-bond acceptors (Lipinski definition) is 1. The lowest BCUT2D eigenvalue weighted by Crippen LogP contribution is -2.35. The van der Waals surface area contributed by atoms with Crippen LogP contribution in [0.2, 0.25) is 0 Å². The van der Waals surface area contributed by atoms with Crippen LogP contribution in [0.15, 0.2) is 71.0 Å². The quantitative estimate of drug-likeness (QED) is 0.206. The van der Waals surface area contributed by atoms with Crippen LogP contribution in [-0.2, 0) is 7.05 Å². The van der Waals surface area contributed by atoms with E-state index < -0.39 is 36.1 Å². The average molecular weight is 440 g/mol. The average Bonchev–Trinajstić information content (AvgIpc) is 3.29. The van der Waals surface area contributed by atoms with E-state index >= 15 is 0 Å². The van der Waals surface area contributed by atoms with Gasteiger partial charge in [-0.15, -0.1) is 0 Å². The Kier molecular flexibility index (Phi) is 3.26. The van der Waals surface area contributed by atoms with Gasteiger partial charge in [0.1, 0.15) is 18.2 Å². The molecule has 0 saturated heterocycles. The second-order valence-electron chi connectivity index (χ2n) is 8.30. The van der Waals surface area contributed by atoms with Gasteiger partial charge in [0.05, 0.1) is 21.7 Å². The minimum Gasteiger partial charge on any atom is -0.456 e. The Hall–Kier alpha value is -3.90. The smallest absolute Gasteiger partial charge is 0.216 e. The molecular weight excluding hydrogens is 404 g/mol. The highest BCUT2D eigenvalue weighted by Crippen LogP contribution is 2.44. The lowest BCUT2D eigenvalue weighted by molar-refractivity contribution is -0.666. The third-order valence-corrected chi connectivity index (χ3v) is 5.99. The van der Waals surface area contributed by atoms with Crippen LogP contribution in [-0.4, -0.2) is 0 Å². The standard InChI is InChI=1S/C30H27N2O/c1-18(2)22-16-20(4)32(6)26(17-22)27-19(3)12-13-23-24-14-15-25(31-5)28(30(24)33-29(23)27)21-10-8-7-9-11-21/h7-18H,1-4,6H3/q+1/i7D,8D,9D,10D,11D,16D,17D,18D. The number of aromatic nitrogens is 1. The van der Waals surface area contributed by atoms with Crippen LogP contribution in [0, 0.1) is 20.4 Å². The molecule has 0 aliphatic heterocycles. The van der Waals surface area contributed by atoms with Gasteiger partial charge in [0.15, 0.2) is 11.4 Å². The summed E-state index contributed by atoms with van der Waals surface area (Å²) in [6.45, 7) is 14.7. The molecule has 3 heteroatoms.